The Bertz CT molecular complexity index is 297. The molecule has 1 nitrogen and oxygen atoms in total. The summed E-state index contributed by atoms with van der Waals surface area (Å²) in [6.45, 7) is 6.18. The molecule has 0 bridgehead atoms. The van der Waals surface area contributed by atoms with Gasteiger partial charge in [0.25, 0.3) is 0 Å². The van der Waals surface area contributed by atoms with E-state index in [1.54, 1.807) is 0 Å². The molecule has 1 aromatic carbocycles. The topological polar surface area (TPSA) is 12.0 Å². The zero-order chi connectivity index (χ0) is 11.1. The SMILES string of the molecule is CCCCc1ccc(Cl)c(CNCC)c1. The van der Waals surface area contributed by atoms with Gasteiger partial charge in [0.05, 0.1) is 0 Å². The van der Waals surface area contributed by atoms with Gasteiger partial charge in [-0.15, -0.1) is 0 Å². The molecular weight excluding hydrogens is 206 g/mol. The molecular formula is C13H20ClN. The van der Waals surface area contributed by atoms with Crippen molar-refractivity contribution >= 4 is 11.6 Å². The molecule has 0 aliphatic rings. The van der Waals surface area contributed by atoms with Crippen molar-refractivity contribution in [2.24, 2.45) is 0 Å². The quantitative estimate of drug-likeness (QED) is 0.777. The summed E-state index contributed by atoms with van der Waals surface area (Å²) in [6.07, 6.45) is 3.65. The molecule has 1 N–H and O–H groups in total. The lowest BCUT2D eigenvalue weighted by molar-refractivity contribution is 0.724. The van der Waals surface area contributed by atoms with E-state index in [2.05, 4.69) is 31.3 Å². The minimum Gasteiger partial charge on any atom is -0.313 e. The molecule has 0 aromatic heterocycles. The monoisotopic (exact) mass is 225 g/mol. The second kappa shape index (κ2) is 6.86. The molecule has 84 valence electrons. The lowest BCUT2D eigenvalue weighted by Gasteiger charge is -2.07. The van der Waals surface area contributed by atoms with Crippen molar-refractivity contribution in [2.75, 3.05) is 6.54 Å². The molecule has 0 aliphatic carbocycles. The highest BCUT2D eigenvalue weighted by Crippen LogP contribution is 2.18. The van der Waals surface area contributed by atoms with Gasteiger partial charge in [-0.3, -0.25) is 0 Å². The van der Waals surface area contributed by atoms with Crippen LogP contribution >= 0.6 is 11.6 Å². The average Bonchev–Trinajstić information content (AvgIpc) is 2.26. The van der Waals surface area contributed by atoms with Gasteiger partial charge in [0.1, 0.15) is 0 Å². The van der Waals surface area contributed by atoms with Crippen molar-refractivity contribution in [3.05, 3.63) is 34.3 Å². The zero-order valence-corrected chi connectivity index (χ0v) is 10.4. The van der Waals surface area contributed by atoms with E-state index in [-0.39, 0.29) is 0 Å². The van der Waals surface area contributed by atoms with Gasteiger partial charge < -0.3 is 5.32 Å². The van der Waals surface area contributed by atoms with Crippen molar-refractivity contribution in [2.45, 2.75) is 39.7 Å². The number of aryl methyl sites for hydroxylation is 1. The summed E-state index contributed by atoms with van der Waals surface area (Å²) in [4.78, 5) is 0. The van der Waals surface area contributed by atoms with Crippen molar-refractivity contribution in [3.8, 4) is 0 Å². The first-order valence-electron chi connectivity index (χ1n) is 5.76. The number of rotatable bonds is 6. The Morgan fingerprint density at radius 2 is 2.07 bits per heavy atom. The summed E-state index contributed by atoms with van der Waals surface area (Å²) in [5.74, 6) is 0. The molecule has 1 aromatic rings. The standard InChI is InChI=1S/C13H20ClN/c1-3-5-6-11-7-8-13(14)12(9-11)10-15-4-2/h7-9,15H,3-6,10H2,1-2H3. The highest BCUT2D eigenvalue weighted by atomic mass is 35.5. The van der Waals surface area contributed by atoms with Crippen LogP contribution in [0.1, 0.15) is 37.8 Å². The fourth-order valence-electron chi connectivity index (χ4n) is 1.56. The Hall–Kier alpha value is -0.530. The molecule has 0 saturated heterocycles. The molecule has 0 spiro atoms. The average molecular weight is 226 g/mol. The number of halogens is 1. The highest BCUT2D eigenvalue weighted by Gasteiger charge is 2.01. The van der Waals surface area contributed by atoms with Crippen LogP contribution in [0.15, 0.2) is 18.2 Å². The van der Waals surface area contributed by atoms with E-state index in [1.807, 2.05) is 6.07 Å². The van der Waals surface area contributed by atoms with E-state index in [4.69, 9.17) is 11.6 Å². The molecule has 0 amide bonds. The number of benzene rings is 1. The molecule has 0 heterocycles. The predicted octanol–water partition coefficient (Wildman–Crippen LogP) is 3.79. The summed E-state index contributed by atoms with van der Waals surface area (Å²) < 4.78 is 0. The van der Waals surface area contributed by atoms with E-state index in [0.29, 0.717) is 0 Å². The number of hydrogen-bond donors (Lipinski definition) is 1. The Kier molecular flexibility index (Phi) is 5.74. The van der Waals surface area contributed by atoms with Gasteiger partial charge in [-0.05, 0) is 36.6 Å². The van der Waals surface area contributed by atoms with Gasteiger partial charge in [0, 0.05) is 11.6 Å². The maximum Gasteiger partial charge on any atom is 0.0451 e. The van der Waals surface area contributed by atoms with Crippen LogP contribution in [0.3, 0.4) is 0 Å². The molecule has 15 heavy (non-hydrogen) atoms. The van der Waals surface area contributed by atoms with Gasteiger partial charge in [-0.1, -0.05) is 44.0 Å². The van der Waals surface area contributed by atoms with Crippen molar-refractivity contribution in [1.29, 1.82) is 0 Å². The zero-order valence-electron chi connectivity index (χ0n) is 9.65. The van der Waals surface area contributed by atoms with E-state index >= 15 is 0 Å². The number of nitrogens with one attached hydrogen (secondary N) is 1. The van der Waals surface area contributed by atoms with Crippen LogP contribution in [0.4, 0.5) is 0 Å². The molecule has 0 radical (unpaired) electrons. The molecule has 0 atom stereocenters. The normalized spacial score (nSPS) is 10.6. The predicted molar refractivity (Wildman–Crippen MR) is 67.4 cm³/mol. The molecule has 0 fully saturated rings. The van der Waals surface area contributed by atoms with Gasteiger partial charge in [0.15, 0.2) is 0 Å². The Labute approximate surface area is 97.8 Å². The smallest absolute Gasteiger partial charge is 0.0451 e. The third-order valence-electron chi connectivity index (χ3n) is 2.49. The third kappa shape index (κ3) is 4.23. The van der Waals surface area contributed by atoms with Crippen LogP contribution in [0.2, 0.25) is 5.02 Å². The minimum atomic E-state index is 0.870. The van der Waals surface area contributed by atoms with E-state index in [1.165, 1.54) is 24.0 Å². The van der Waals surface area contributed by atoms with Crippen molar-refractivity contribution in [1.82, 2.24) is 5.32 Å². The Morgan fingerprint density at radius 1 is 1.27 bits per heavy atom. The first-order chi connectivity index (χ1) is 7.27. The summed E-state index contributed by atoms with van der Waals surface area (Å²) in [7, 11) is 0. The summed E-state index contributed by atoms with van der Waals surface area (Å²) in [6, 6.07) is 6.37. The number of unbranched alkanes of at least 4 members (excludes halogenated alkanes) is 1. The maximum atomic E-state index is 6.13. The lowest BCUT2D eigenvalue weighted by atomic mass is 10.1. The first kappa shape index (κ1) is 12.5. The van der Waals surface area contributed by atoms with E-state index < -0.39 is 0 Å². The lowest BCUT2D eigenvalue weighted by Crippen LogP contribution is -2.12. The van der Waals surface area contributed by atoms with Crippen LogP contribution in [0, 0.1) is 0 Å². The van der Waals surface area contributed by atoms with Gasteiger partial charge in [0.2, 0.25) is 0 Å². The minimum absolute atomic E-state index is 0.870. The summed E-state index contributed by atoms with van der Waals surface area (Å²) in [5, 5.41) is 4.18. The summed E-state index contributed by atoms with van der Waals surface area (Å²) in [5.41, 5.74) is 2.61. The molecule has 0 unspecified atom stereocenters. The summed E-state index contributed by atoms with van der Waals surface area (Å²) >= 11 is 6.13. The largest absolute Gasteiger partial charge is 0.313 e. The Balaban J connectivity index is 2.66. The van der Waals surface area contributed by atoms with E-state index in [0.717, 1.165) is 24.5 Å². The van der Waals surface area contributed by atoms with Crippen LogP contribution in [0.5, 0.6) is 0 Å². The Morgan fingerprint density at radius 3 is 2.73 bits per heavy atom. The van der Waals surface area contributed by atoms with Crippen LogP contribution in [-0.4, -0.2) is 6.54 Å². The molecule has 2 heteroatoms. The van der Waals surface area contributed by atoms with Crippen molar-refractivity contribution in [3.63, 3.8) is 0 Å². The second-order valence-corrected chi connectivity index (χ2v) is 4.22. The van der Waals surface area contributed by atoms with Crippen LogP contribution in [-0.2, 0) is 13.0 Å². The van der Waals surface area contributed by atoms with Crippen molar-refractivity contribution < 1.29 is 0 Å². The fraction of sp³-hybridized carbons (Fsp3) is 0.538. The molecule has 0 saturated carbocycles. The molecule has 1 rings (SSSR count). The van der Waals surface area contributed by atoms with Crippen LogP contribution < -0.4 is 5.32 Å². The van der Waals surface area contributed by atoms with Crippen LogP contribution in [0.25, 0.3) is 0 Å². The first-order valence-corrected chi connectivity index (χ1v) is 6.13. The highest BCUT2D eigenvalue weighted by molar-refractivity contribution is 6.31. The number of hydrogen-bond acceptors (Lipinski definition) is 1. The fourth-order valence-corrected chi connectivity index (χ4v) is 1.74. The van der Waals surface area contributed by atoms with E-state index in [9.17, 15) is 0 Å². The van der Waals surface area contributed by atoms with Gasteiger partial charge in [-0.2, -0.15) is 0 Å². The maximum absolute atomic E-state index is 6.13. The van der Waals surface area contributed by atoms with Gasteiger partial charge >= 0.3 is 0 Å². The third-order valence-corrected chi connectivity index (χ3v) is 2.86. The second-order valence-electron chi connectivity index (χ2n) is 3.81. The molecule has 0 aliphatic heterocycles. The van der Waals surface area contributed by atoms with Gasteiger partial charge in [-0.25, -0.2) is 0 Å².